The lowest BCUT2D eigenvalue weighted by Crippen LogP contribution is -2.26. The Morgan fingerprint density at radius 3 is 2.83 bits per heavy atom. The van der Waals surface area contributed by atoms with Gasteiger partial charge < -0.3 is 10.3 Å². The number of benzene rings is 2. The average Bonchev–Trinajstić information content (AvgIpc) is 2.96. The number of carbonyl (C=O) groups excluding carboxylic acids is 1. The van der Waals surface area contributed by atoms with E-state index in [2.05, 4.69) is 15.3 Å². The molecule has 1 aromatic heterocycles. The van der Waals surface area contributed by atoms with Crippen molar-refractivity contribution in [1.82, 2.24) is 15.3 Å². The molecule has 5 heteroatoms. The predicted molar refractivity (Wildman–Crippen MR) is 87.5 cm³/mol. The van der Waals surface area contributed by atoms with Crippen LogP contribution >= 0.6 is 0 Å². The Bertz CT molecular complexity index is 780. The van der Waals surface area contributed by atoms with E-state index in [9.17, 15) is 9.18 Å². The number of para-hydroxylation sites is 2. The van der Waals surface area contributed by atoms with Gasteiger partial charge >= 0.3 is 0 Å². The summed E-state index contributed by atoms with van der Waals surface area (Å²) in [5.41, 5.74) is 2.77. The molecule has 0 fully saturated rings. The van der Waals surface area contributed by atoms with Crippen LogP contribution in [0.1, 0.15) is 17.8 Å². The van der Waals surface area contributed by atoms with Gasteiger partial charge in [0.1, 0.15) is 11.6 Å². The van der Waals surface area contributed by atoms with Gasteiger partial charge in [0.25, 0.3) is 0 Å². The molecule has 2 N–H and O–H groups in total. The zero-order valence-corrected chi connectivity index (χ0v) is 12.7. The standard InChI is InChI=1S/C18H18FN3O/c19-14-5-3-4-13(12-14)10-11-20-18(23)9-8-17-21-15-6-1-2-7-16(15)22-17/h1-7,12H,8-11H2,(H,20,23)(H,21,22). The van der Waals surface area contributed by atoms with Crippen molar-refractivity contribution >= 4 is 16.9 Å². The number of aryl methyl sites for hydroxylation is 1. The summed E-state index contributed by atoms with van der Waals surface area (Å²) < 4.78 is 13.1. The summed E-state index contributed by atoms with van der Waals surface area (Å²) in [7, 11) is 0. The quantitative estimate of drug-likeness (QED) is 0.735. The summed E-state index contributed by atoms with van der Waals surface area (Å²) in [6.07, 6.45) is 1.57. The Balaban J connectivity index is 1.44. The van der Waals surface area contributed by atoms with Gasteiger partial charge in [-0.1, -0.05) is 24.3 Å². The minimum atomic E-state index is -0.251. The molecule has 1 amide bonds. The smallest absolute Gasteiger partial charge is 0.220 e. The molecule has 23 heavy (non-hydrogen) atoms. The minimum Gasteiger partial charge on any atom is -0.356 e. The van der Waals surface area contributed by atoms with Crippen LogP contribution in [0, 0.1) is 5.82 Å². The van der Waals surface area contributed by atoms with Gasteiger partial charge in [0, 0.05) is 19.4 Å². The molecule has 0 atom stereocenters. The number of nitrogens with zero attached hydrogens (tertiary/aromatic N) is 1. The van der Waals surface area contributed by atoms with E-state index in [4.69, 9.17) is 0 Å². The number of aromatic amines is 1. The second-order valence-electron chi connectivity index (χ2n) is 5.43. The first-order chi connectivity index (χ1) is 11.2. The highest BCUT2D eigenvalue weighted by Crippen LogP contribution is 2.11. The van der Waals surface area contributed by atoms with E-state index in [1.807, 2.05) is 30.3 Å². The Labute approximate surface area is 133 Å². The molecule has 3 rings (SSSR count). The summed E-state index contributed by atoms with van der Waals surface area (Å²) in [6, 6.07) is 14.2. The maximum absolute atomic E-state index is 13.1. The molecule has 2 aromatic carbocycles. The van der Waals surface area contributed by atoms with Crippen LogP contribution in [-0.4, -0.2) is 22.4 Å². The van der Waals surface area contributed by atoms with Gasteiger partial charge in [0.15, 0.2) is 0 Å². The van der Waals surface area contributed by atoms with E-state index in [1.165, 1.54) is 12.1 Å². The molecule has 0 unspecified atom stereocenters. The van der Waals surface area contributed by atoms with Crippen LogP contribution in [0.25, 0.3) is 11.0 Å². The summed E-state index contributed by atoms with van der Waals surface area (Å²) in [4.78, 5) is 19.5. The fraction of sp³-hybridized carbons (Fsp3) is 0.222. The Hall–Kier alpha value is -2.69. The van der Waals surface area contributed by atoms with Gasteiger partial charge in [-0.05, 0) is 36.2 Å². The molecule has 0 radical (unpaired) electrons. The Morgan fingerprint density at radius 1 is 1.13 bits per heavy atom. The molecule has 4 nitrogen and oxygen atoms in total. The minimum absolute atomic E-state index is 0.0261. The topological polar surface area (TPSA) is 57.8 Å². The summed E-state index contributed by atoms with van der Waals surface area (Å²) >= 11 is 0. The largest absolute Gasteiger partial charge is 0.356 e. The van der Waals surface area contributed by atoms with Gasteiger partial charge in [0.05, 0.1) is 11.0 Å². The first kappa shape index (κ1) is 15.2. The van der Waals surface area contributed by atoms with E-state index < -0.39 is 0 Å². The van der Waals surface area contributed by atoms with Crippen molar-refractivity contribution in [3.8, 4) is 0 Å². The third-order valence-electron chi connectivity index (χ3n) is 3.65. The number of carbonyl (C=O) groups is 1. The first-order valence-electron chi connectivity index (χ1n) is 7.65. The van der Waals surface area contributed by atoms with Crippen LogP contribution in [0.2, 0.25) is 0 Å². The molecule has 0 aliphatic heterocycles. The van der Waals surface area contributed by atoms with Crippen LogP contribution in [0.4, 0.5) is 4.39 Å². The molecule has 0 spiro atoms. The van der Waals surface area contributed by atoms with Crippen molar-refractivity contribution < 1.29 is 9.18 Å². The molecule has 1 heterocycles. The summed E-state index contributed by atoms with van der Waals surface area (Å²) in [5, 5.41) is 2.85. The molecule has 0 saturated heterocycles. The van der Waals surface area contributed by atoms with Gasteiger partial charge in [-0.25, -0.2) is 9.37 Å². The number of amides is 1. The molecule has 3 aromatic rings. The molecule has 0 aliphatic carbocycles. The maximum Gasteiger partial charge on any atom is 0.220 e. The number of halogens is 1. The molecule has 0 bridgehead atoms. The molecular weight excluding hydrogens is 293 g/mol. The highest BCUT2D eigenvalue weighted by molar-refractivity contribution is 5.77. The average molecular weight is 311 g/mol. The zero-order chi connectivity index (χ0) is 16.1. The van der Waals surface area contributed by atoms with Gasteiger partial charge in [-0.2, -0.15) is 0 Å². The number of H-pyrrole nitrogens is 1. The van der Waals surface area contributed by atoms with Gasteiger partial charge in [0.2, 0.25) is 5.91 Å². The van der Waals surface area contributed by atoms with E-state index in [-0.39, 0.29) is 11.7 Å². The number of aromatic nitrogens is 2. The SMILES string of the molecule is O=C(CCc1nc2ccccc2[nH]1)NCCc1cccc(F)c1. The third kappa shape index (κ3) is 4.16. The van der Waals surface area contributed by atoms with Crippen molar-refractivity contribution in [2.24, 2.45) is 0 Å². The van der Waals surface area contributed by atoms with Crippen LogP contribution < -0.4 is 5.32 Å². The lowest BCUT2D eigenvalue weighted by molar-refractivity contribution is -0.121. The highest BCUT2D eigenvalue weighted by Gasteiger charge is 2.06. The second kappa shape index (κ2) is 7.05. The van der Waals surface area contributed by atoms with Crippen molar-refractivity contribution in [2.75, 3.05) is 6.54 Å². The molecule has 0 aliphatic rings. The number of nitrogens with one attached hydrogen (secondary N) is 2. The number of imidazole rings is 1. The fourth-order valence-corrected chi connectivity index (χ4v) is 2.48. The van der Waals surface area contributed by atoms with E-state index in [0.717, 1.165) is 22.4 Å². The van der Waals surface area contributed by atoms with E-state index in [0.29, 0.717) is 25.8 Å². The number of hydrogen-bond donors (Lipinski definition) is 2. The van der Waals surface area contributed by atoms with Crippen LogP contribution in [0.15, 0.2) is 48.5 Å². The summed E-state index contributed by atoms with van der Waals surface area (Å²) in [5.74, 6) is 0.534. The molecular formula is C18H18FN3O. The Kier molecular flexibility index (Phi) is 4.66. The van der Waals surface area contributed by atoms with Gasteiger partial charge in [-0.3, -0.25) is 4.79 Å². The third-order valence-corrected chi connectivity index (χ3v) is 3.65. The van der Waals surface area contributed by atoms with Crippen molar-refractivity contribution in [3.05, 3.63) is 65.7 Å². The predicted octanol–water partition coefficient (Wildman–Crippen LogP) is 2.99. The van der Waals surface area contributed by atoms with Crippen molar-refractivity contribution in [2.45, 2.75) is 19.3 Å². The zero-order valence-electron chi connectivity index (χ0n) is 12.7. The highest BCUT2D eigenvalue weighted by atomic mass is 19.1. The van der Waals surface area contributed by atoms with Crippen LogP contribution in [-0.2, 0) is 17.6 Å². The summed E-state index contributed by atoms with van der Waals surface area (Å²) in [6.45, 7) is 0.502. The molecule has 118 valence electrons. The second-order valence-corrected chi connectivity index (χ2v) is 5.43. The van der Waals surface area contributed by atoms with Crippen molar-refractivity contribution in [1.29, 1.82) is 0 Å². The number of rotatable bonds is 6. The van der Waals surface area contributed by atoms with Crippen LogP contribution in [0.5, 0.6) is 0 Å². The fourth-order valence-electron chi connectivity index (χ4n) is 2.48. The lowest BCUT2D eigenvalue weighted by Gasteiger charge is -2.05. The number of hydrogen-bond acceptors (Lipinski definition) is 2. The monoisotopic (exact) mass is 311 g/mol. The van der Waals surface area contributed by atoms with E-state index >= 15 is 0 Å². The van der Waals surface area contributed by atoms with Crippen molar-refractivity contribution in [3.63, 3.8) is 0 Å². The lowest BCUT2D eigenvalue weighted by atomic mass is 10.1. The molecule has 0 saturated carbocycles. The first-order valence-corrected chi connectivity index (χ1v) is 7.65. The normalized spacial score (nSPS) is 10.8. The maximum atomic E-state index is 13.1. The van der Waals surface area contributed by atoms with Crippen LogP contribution in [0.3, 0.4) is 0 Å². The van der Waals surface area contributed by atoms with Gasteiger partial charge in [-0.15, -0.1) is 0 Å². The Morgan fingerprint density at radius 2 is 2.00 bits per heavy atom. The number of fused-ring (bicyclic) bond motifs is 1. The van der Waals surface area contributed by atoms with E-state index in [1.54, 1.807) is 6.07 Å².